The molecule has 3 unspecified atom stereocenters. The molecule has 0 aromatic heterocycles. The van der Waals surface area contributed by atoms with E-state index in [0.717, 1.165) is 17.7 Å². The van der Waals surface area contributed by atoms with Gasteiger partial charge < -0.3 is 14.2 Å². The molecule has 0 saturated heterocycles. The van der Waals surface area contributed by atoms with E-state index in [9.17, 15) is 0 Å². The lowest BCUT2D eigenvalue weighted by atomic mass is 9.91. The molecule has 0 heterocycles. The van der Waals surface area contributed by atoms with Crippen LogP contribution >= 0.6 is 27.5 Å². The van der Waals surface area contributed by atoms with Crippen molar-refractivity contribution in [2.75, 3.05) is 20.3 Å². The number of methoxy groups -OCH3 is 1. The van der Waals surface area contributed by atoms with Gasteiger partial charge in [0, 0.05) is 18.4 Å². The highest BCUT2D eigenvalue weighted by molar-refractivity contribution is 9.09. The van der Waals surface area contributed by atoms with E-state index >= 15 is 0 Å². The molecule has 2 rings (SSSR count). The monoisotopic (exact) mass is 348 g/mol. The molecular formula is C14H18BrClO3. The van der Waals surface area contributed by atoms with Crippen molar-refractivity contribution in [1.82, 2.24) is 0 Å². The normalized spacial score (nSPS) is 26.0. The summed E-state index contributed by atoms with van der Waals surface area (Å²) in [6, 6.07) is 5.81. The van der Waals surface area contributed by atoms with Crippen LogP contribution in [0.1, 0.15) is 12.0 Å². The molecule has 1 saturated carbocycles. The highest BCUT2D eigenvalue weighted by Gasteiger charge is 2.42. The SMILES string of the molecule is COCCOC1C(Br)CC1Oc1ccc(C)cc1Cl. The second-order valence-corrected chi connectivity index (χ2v) is 6.25. The van der Waals surface area contributed by atoms with Crippen LogP contribution in [0.4, 0.5) is 0 Å². The topological polar surface area (TPSA) is 27.7 Å². The number of hydrogen-bond donors (Lipinski definition) is 0. The molecule has 1 aliphatic rings. The van der Waals surface area contributed by atoms with Crippen LogP contribution in [0.25, 0.3) is 0 Å². The molecule has 5 heteroatoms. The molecule has 0 aliphatic heterocycles. The minimum absolute atomic E-state index is 0.0430. The van der Waals surface area contributed by atoms with E-state index in [1.807, 2.05) is 25.1 Å². The minimum Gasteiger partial charge on any atom is -0.486 e. The van der Waals surface area contributed by atoms with Gasteiger partial charge in [0.15, 0.2) is 0 Å². The maximum absolute atomic E-state index is 6.17. The van der Waals surface area contributed by atoms with Gasteiger partial charge in [0.1, 0.15) is 18.0 Å². The van der Waals surface area contributed by atoms with Crippen LogP contribution in [0, 0.1) is 6.92 Å². The van der Waals surface area contributed by atoms with Gasteiger partial charge in [-0.25, -0.2) is 0 Å². The third-order valence-corrected chi connectivity index (χ3v) is 4.33. The van der Waals surface area contributed by atoms with E-state index in [1.54, 1.807) is 7.11 Å². The number of benzene rings is 1. The van der Waals surface area contributed by atoms with Gasteiger partial charge in [0.25, 0.3) is 0 Å². The van der Waals surface area contributed by atoms with Crippen LogP contribution in [0.15, 0.2) is 18.2 Å². The molecule has 1 aromatic carbocycles. The Morgan fingerprint density at radius 3 is 2.79 bits per heavy atom. The quantitative estimate of drug-likeness (QED) is 0.580. The Morgan fingerprint density at radius 1 is 1.37 bits per heavy atom. The fraction of sp³-hybridized carbons (Fsp3) is 0.571. The zero-order valence-electron chi connectivity index (χ0n) is 11.1. The van der Waals surface area contributed by atoms with Crippen LogP contribution in [0.5, 0.6) is 5.75 Å². The van der Waals surface area contributed by atoms with Gasteiger partial charge in [-0.05, 0) is 24.6 Å². The number of ether oxygens (including phenoxy) is 3. The van der Waals surface area contributed by atoms with Crippen molar-refractivity contribution in [1.29, 1.82) is 0 Å². The summed E-state index contributed by atoms with van der Waals surface area (Å²) in [5.41, 5.74) is 1.12. The summed E-state index contributed by atoms with van der Waals surface area (Å²) in [5.74, 6) is 0.719. The number of rotatable bonds is 6. The van der Waals surface area contributed by atoms with Crippen molar-refractivity contribution in [3.05, 3.63) is 28.8 Å². The smallest absolute Gasteiger partial charge is 0.138 e. The molecule has 1 fully saturated rings. The zero-order chi connectivity index (χ0) is 13.8. The first-order chi connectivity index (χ1) is 9.11. The Kier molecular flexibility index (Phi) is 5.51. The summed E-state index contributed by atoms with van der Waals surface area (Å²) in [6.45, 7) is 3.17. The number of hydrogen-bond acceptors (Lipinski definition) is 3. The van der Waals surface area contributed by atoms with E-state index in [2.05, 4.69) is 15.9 Å². The van der Waals surface area contributed by atoms with E-state index < -0.39 is 0 Å². The van der Waals surface area contributed by atoms with Crippen molar-refractivity contribution < 1.29 is 14.2 Å². The van der Waals surface area contributed by atoms with Crippen LogP contribution in [-0.2, 0) is 9.47 Å². The van der Waals surface area contributed by atoms with Gasteiger partial charge in [0.05, 0.1) is 18.2 Å². The molecule has 1 aromatic rings. The lowest BCUT2D eigenvalue weighted by molar-refractivity contribution is -0.0865. The predicted molar refractivity (Wildman–Crippen MR) is 79.6 cm³/mol. The lowest BCUT2D eigenvalue weighted by Crippen LogP contribution is -2.52. The van der Waals surface area contributed by atoms with Crippen molar-refractivity contribution in [2.24, 2.45) is 0 Å². The number of alkyl halides is 1. The van der Waals surface area contributed by atoms with Crippen molar-refractivity contribution >= 4 is 27.5 Å². The molecule has 3 nitrogen and oxygen atoms in total. The number of aryl methyl sites for hydroxylation is 1. The summed E-state index contributed by atoms with van der Waals surface area (Å²) in [6.07, 6.45) is 1.01. The van der Waals surface area contributed by atoms with Gasteiger partial charge in [0.2, 0.25) is 0 Å². The maximum atomic E-state index is 6.17. The van der Waals surface area contributed by atoms with Crippen molar-refractivity contribution in [3.8, 4) is 5.75 Å². The Balaban J connectivity index is 1.91. The Bertz CT molecular complexity index is 427. The van der Waals surface area contributed by atoms with Crippen LogP contribution < -0.4 is 4.74 Å². The second-order valence-electron chi connectivity index (χ2n) is 4.67. The van der Waals surface area contributed by atoms with Crippen LogP contribution in [0.3, 0.4) is 0 Å². The summed E-state index contributed by atoms with van der Waals surface area (Å²) >= 11 is 9.75. The third-order valence-electron chi connectivity index (χ3n) is 3.14. The molecule has 0 N–H and O–H groups in total. The maximum Gasteiger partial charge on any atom is 0.138 e. The molecule has 0 amide bonds. The van der Waals surface area contributed by atoms with E-state index in [4.69, 9.17) is 25.8 Å². The first-order valence-electron chi connectivity index (χ1n) is 6.29. The summed E-state index contributed by atoms with van der Waals surface area (Å²) in [4.78, 5) is 0.332. The van der Waals surface area contributed by atoms with Gasteiger partial charge in [-0.15, -0.1) is 0 Å². The molecule has 0 radical (unpaired) electrons. The Hall–Kier alpha value is -0.290. The summed E-state index contributed by atoms with van der Waals surface area (Å²) < 4.78 is 16.6. The highest BCUT2D eigenvalue weighted by atomic mass is 79.9. The van der Waals surface area contributed by atoms with E-state index in [0.29, 0.717) is 23.1 Å². The average Bonchev–Trinajstić information content (AvgIpc) is 2.37. The second kappa shape index (κ2) is 6.93. The van der Waals surface area contributed by atoms with Gasteiger partial charge >= 0.3 is 0 Å². The molecule has 1 aliphatic carbocycles. The van der Waals surface area contributed by atoms with Gasteiger partial charge in [-0.3, -0.25) is 0 Å². The van der Waals surface area contributed by atoms with E-state index in [-0.39, 0.29) is 12.2 Å². The number of halogens is 2. The zero-order valence-corrected chi connectivity index (χ0v) is 13.4. The first kappa shape index (κ1) is 15.1. The predicted octanol–water partition coefficient (Wildman–Crippen LogP) is 3.59. The molecule has 3 atom stereocenters. The lowest BCUT2D eigenvalue weighted by Gasteiger charge is -2.41. The largest absolute Gasteiger partial charge is 0.486 e. The molecular weight excluding hydrogens is 332 g/mol. The highest BCUT2D eigenvalue weighted by Crippen LogP contribution is 2.36. The summed E-state index contributed by atoms with van der Waals surface area (Å²) in [7, 11) is 1.66. The van der Waals surface area contributed by atoms with Gasteiger partial charge in [-0.1, -0.05) is 33.6 Å². The Morgan fingerprint density at radius 2 is 2.16 bits per heavy atom. The minimum atomic E-state index is 0.0430. The average molecular weight is 350 g/mol. The van der Waals surface area contributed by atoms with Crippen molar-refractivity contribution in [2.45, 2.75) is 30.4 Å². The molecule has 0 bridgehead atoms. The fourth-order valence-electron chi connectivity index (χ4n) is 1.99. The van der Waals surface area contributed by atoms with Crippen LogP contribution in [-0.4, -0.2) is 37.4 Å². The first-order valence-corrected chi connectivity index (χ1v) is 7.58. The standard InChI is InChI=1S/C14H18BrClO3/c1-9-3-4-12(11(16)7-9)19-13-8-10(15)14(13)18-6-5-17-2/h3-4,7,10,13-14H,5-6,8H2,1-2H3. The fourth-order valence-corrected chi connectivity index (χ4v) is 3.13. The molecule has 0 spiro atoms. The van der Waals surface area contributed by atoms with Crippen LogP contribution in [0.2, 0.25) is 5.02 Å². The Labute approximate surface area is 127 Å². The van der Waals surface area contributed by atoms with Gasteiger partial charge in [-0.2, -0.15) is 0 Å². The third kappa shape index (κ3) is 3.85. The van der Waals surface area contributed by atoms with E-state index in [1.165, 1.54) is 0 Å². The molecule has 106 valence electrons. The summed E-state index contributed by atoms with van der Waals surface area (Å²) in [5, 5.41) is 0.647. The van der Waals surface area contributed by atoms with Crippen molar-refractivity contribution in [3.63, 3.8) is 0 Å². The molecule has 19 heavy (non-hydrogen) atoms.